The van der Waals surface area contributed by atoms with Crippen molar-refractivity contribution in [1.82, 2.24) is 0 Å². The van der Waals surface area contributed by atoms with Gasteiger partial charge in [-0.15, -0.1) is 6.58 Å². The monoisotopic (exact) mass is 338 g/mol. The second-order valence-corrected chi connectivity index (χ2v) is 7.09. The maximum atomic E-state index is 11.8. The molecule has 2 aliphatic heterocycles. The SMILES string of the molecule is C=CCCC(CC1OC(=O)C1CCCCCC)OC1CCCCO1. The van der Waals surface area contributed by atoms with Crippen molar-refractivity contribution in [2.45, 2.75) is 96.1 Å². The molecule has 24 heavy (non-hydrogen) atoms. The Balaban J connectivity index is 1.78. The van der Waals surface area contributed by atoms with Crippen molar-refractivity contribution in [2.24, 2.45) is 5.92 Å². The number of allylic oxidation sites excluding steroid dienone is 1. The maximum Gasteiger partial charge on any atom is 0.313 e. The summed E-state index contributed by atoms with van der Waals surface area (Å²) in [5, 5.41) is 0. The summed E-state index contributed by atoms with van der Waals surface area (Å²) in [7, 11) is 0. The van der Waals surface area contributed by atoms with Crippen LogP contribution in [-0.2, 0) is 19.0 Å². The van der Waals surface area contributed by atoms with Gasteiger partial charge in [-0.25, -0.2) is 0 Å². The van der Waals surface area contributed by atoms with Gasteiger partial charge >= 0.3 is 5.97 Å². The van der Waals surface area contributed by atoms with E-state index in [1.807, 2.05) is 6.08 Å². The summed E-state index contributed by atoms with van der Waals surface area (Å²) in [6.07, 6.45) is 13.6. The fourth-order valence-corrected chi connectivity index (χ4v) is 3.54. The number of cyclic esters (lactones) is 1. The average Bonchev–Trinajstić information content (AvgIpc) is 2.59. The molecule has 0 saturated carbocycles. The van der Waals surface area contributed by atoms with E-state index in [9.17, 15) is 4.79 Å². The molecule has 0 aromatic rings. The van der Waals surface area contributed by atoms with E-state index in [1.54, 1.807) is 0 Å². The molecule has 4 nitrogen and oxygen atoms in total. The van der Waals surface area contributed by atoms with Gasteiger partial charge in [0.15, 0.2) is 6.29 Å². The second kappa shape index (κ2) is 10.9. The number of hydrogen-bond donors (Lipinski definition) is 0. The number of rotatable bonds is 12. The summed E-state index contributed by atoms with van der Waals surface area (Å²) in [4.78, 5) is 11.8. The number of hydrogen-bond acceptors (Lipinski definition) is 4. The smallest absolute Gasteiger partial charge is 0.313 e. The molecule has 0 aromatic heterocycles. The maximum absolute atomic E-state index is 11.8. The lowest BCUT2D eigenvalue weighted by Crippen LogP contribution is -2.47. The lowest BCUT2D eigenvalue weighted by atomic mass is 9.86. The van der Waals surface area contributed by atoms with Crippen molar-refractivity contribution in [3.63, 3.8) is 0 Å². The van der Waals surface area contributed by atoms with Gasteiger partial charge in [0.05, 0.1) is 12.0 Å². The highest BCUT2D eigenvalue weighted by Gasteiger charge is 2.43. The highest BCUT2D eigenvalue weighted by atomic mass is 16.7. The topological polar surface area (TPSA) is 44.8 Å². The van der Waals surface area contributed by atoms with Gasteiger partial charge in [-0.1, -0.05) is 38.7 Å². The van der Waals surface area contributed by atoms with Crippen molar-refractivity contribution in [3.05, 3.63) is 12.7 Å². The van der Waals surface area contributed by atoms with E-state index >= 15 is 0 Å². The number of carbonyl (C=O) groups is 1. The van der Waals surface area contributed by atoms with Crippen molar-refractivity contribution >= 4 is 5.97 Å². The van der Waals surface area contributed by atoms with Crippen molar-refractivity contribution in [1.29, 1.82) is 0 Å². The molecule has 0 bridgehead atoms. The predicted molar refractivity (Wildman–Crippen MR) is 94.6 cm³/mol. The molecule has 2 rings (SSSR count). The minimum atomic E-state index is -0.0904. The van der Waals surface area contributed by atoms with Crippen LogP contribution in [0.15, 0.2) is 12.7 Å². The van der Waals surface area contributed by atoms with Crippen LogP contribution in [0.3, 0.4) is 0 Å². The third-order valence-electron chi connectivity index (χ3n) is 5.06. The summed E-state index contributed by atoms with van der Waals surface area (Å²) >= 11 is 0. The number of carbonyl (C=O) groups excluding carboxylic acids is 1. The van der Waals surface area contributed by atoms with Crippen molar-refractivity contribution in [3.8, 4) is 0 Å². The van der Waals surface area contributed by atoms with E-state index < -0.39 is 0 Å². The first-order valence-corrected chi connectivity index (χ1v) is 9.83. The molecule has 2 fully saturated rings. The molecule has 2 saturated heterocycles. The van der Waals surface area contributed by atoms with Crippen LogP contribution in [0.4, 0.5) is 0 Å². The molecule has 0 spiro atoms. The van der Waals surface area contributed by atoms with Gasteiger partial charge in [0.25, 0.3) is 0 Å². The molecule has 138 valence electrons. The molecule has 0 radical (unpaired) electrons. The highest BCUT2D eigenvalue weighted by molar-refractivity contribution is 5.78. The first kappa shape index (κ1) is 19.5. The molecule has 0 aromatic carbocycles. The normalized spacial score (nSPS) is 28.0. The molecule has 0 aliphatic carbocycles. The second-order valence-electron chi connectivity index (χ2n) is 7.09. The largest absolute Gasteiger partial charge is 0.461 e. The van der Waals surface area contributed by atoms with E-state index in [4.69, 9.17) is 14.2 Å². The summed E-state index contributed by atoms with van der Waals surface area (Å²) in [5.74, 6) is 0.0526. The van der Waals surface area contributed by atoms with Crippen molar-refractivity contribution < 1.29 is 19.0 Å². The zero-order chi connectivity index (χ0) is 17.2. The molecule has 2 aliphatic rings. The van der Waals surface area contributed by atoms with Gasteiger partial charge in [-0.3, -0.25) is 4.79 Å². The van der Waals surface area contributed by atoms with Gasteiger partial charge < -0.3 is 14.2 Å². The van der Waals surface area contributed by atoms with Gasteiger partial charge in [0, 0.05) is 13.0 Å². The minimum absolute atomic E-state index is 0.0205. The van der Waals surface area contributed by atoms with E-state index in [0.717, 1.165) is 58.0 Å². The Hall–Kier alpha value is -0.870. The van der Waals surface area contributed by atoms with E-state index in [2.05, 4.69) is 13.5 Å². The molecular weight excluding hydrogens is 304 g/mol. The lowest BCUT2D eigenvalue weighted by molar-refractivity contribution is -0.210. The first-order chi connectivity index (χ1) is 11.7. The van der Waals surface area contributed by atoms with E-state index in [0.29, 0.717) is 0 Å². The quantitative estimate of drug-likeness (QED) is 0.292. The Morgan fingerprint density at radius 2 is 2.21 bits per heavy atom. The Morgan fingerprint density at radius 1 is 1.33 bits per heavy atom. The zero-order valence-electron chi connectivity index (χ0n) is 15.2. The zero-order valence-corrected chi connectivity index (χ0v) is 15.2. The Kier molecular flexibility index (Phi) is 8.82. The van der Waals surface area contributed by atoms with Crippen LogP contribution in [0.25, 0.3) is 0 Å². The van der Waals surface area contributed by atoms with Gasteiger partial charge in [0.2, 0.25) is 0 Å². The number of ether oxygens (including phenoxy) is 3. The number of esters is 1. The van der Waals surface area contributed by atoms with Crippen LogP contribution in [0.1, 0.15) is 77.6 Å². The molecule has 4 unspecified atom stereocenters. The van der Waals surface area contributed by atoms with Crippen LogP contribution < -0.4 is 0 Å². The molecular formula is C20H34O4. The van der Waals surface area contributed by atoms with Crippen LogP contribution in [0.2, 0.25) is 0 Å². The molecule has 0 amide bonds. The lowest BCUT2D eigenvalue weighted by Gasteiger charge is -2.38. The van der Waals surface area contributed by atoms with E-state index in [-0.39, 0.29) is 30.4 Å². The van der Waals surface area contributed by atoms with Gasteiger partial charge in [-0.2, -0.15) is 0 Å². The summed E-state index contributed by atoms with van der Waals surface area (Å²) in [6, 6.07) is 0. The summed E-state index contributed by atoms with van der Waals surface area (Å²) in [5.41, 5.74) is 0. The predicted octanol–water partition coefficient (Wildman–Crippen LogP) is 4.77. The summed E-state index contributed by atoms with van der Waals surface area (Å²) < 4.78 is 17.3. The van der Waals surface area contributed by atoms with Gasteiger partial charge in [-0.05, 0) is 38.5 Å². The van der Waals surface area contributed by atoms with Crippen molar-refractivity contribution in [2.75, 3.05) is 6.61 Å². The fourth-order valence-electron chi connectivity index (χ4n) is 3.54. The number of unbranched alkanes of at least 4 members (excludes halogenated alkanes) is 3. The Labute approximate surface area is 146 Å². The van der Waals surface area contributed by atoms with Gasteiger partial charge in [0.1, 0.15) is 6.10 Å². The Bertz CT molecular complexity index is 376. The molecule has 4 heteroatoms. The molecule has 4 atom stereocenters. The van der Waals surface area contributed by atoms with Crippen LogP contribution in [0, 0.1) is 5.92 Å². The third kappa shape index (κ3) is 6.21. The first-order valence-electron chi connectivity index (χ1n) is 9.83. The summed E-state index contributed by atoms with van der Waals surface area (Å²) in [6.45, 7) is 6.80. The van der Waals surface area contributed by atoms with E-state index in [1.165, 1.54) is 19.3 Å². The third-order valence-corrected chi connectivity index (χ3v) is 5.06. The fraction of sp³-hybridized carbons (Fsp3) is 0.850. The standard InChI is InChI=1S/C20H34O4/c1-3-5-7-8-12-17-18(24-20(17)21)15-16(11-6-4-2)23-19-13-9-10-14-22-19/h4,16-19H,2-3,5-15H2,1H3. The van der Waals surface area contributed by atoms with Crippen LogP contribution in [0.5, 0.6) is 0 Å². The van der Waals surface area contributed by atoms with Crippen LogP contribution >= 0.6 is 0 Å². The minimum Gasteiger partial charge on any atom is -0.461 e. The molecule has 2 heterocycles. The molecule has 0 N–H and O–H groups in total. The van der Waals surface area contributed by atoms with Crippen LogP contribution in [-0.4, -0.2) is 31.1 Å². The average molecular weight is 338 g/mol. The highest BCUT2D eigenvalue weighted by Crippen LogP contribution is 2.33. The Morgan fingerprint density at radius 3 is 2.88 bits per heavy atom.